The van der Waals surface area contributed by atoms with E-state index in [4.69, 9.17) is 16.0 Å². The van der Waals surface area contributed by atoms with Gasteiger partial charge in [0.25, 0.3) is 5.91 Å². The van der Waals surface area contributed by atoms with Crippen LogP contribution >= 0.6 is 11.6 Å². The van der Waals surface area contributed by atoms with Gasteiger partial charge in [-0.2, -0.15) is 0 Å². The molecule has 0 radical (unpaired) electrons. The topological polar surface area (TPSA) is 55.1 Å². The zero-order valence-electron chi connectivity index (χ0n) is 9.02. The third kappa shape index (κ3) is 3.32. The molecule has 2 aromatic rings. The molecule has 0 aromatic carbocycles. The lowest BCUT2D eigenvalue weighted by molar-refractivity contribution is 0.0926. The Morgan fingerprint density at radius 2 is 2.29 bits per heavy atom. The molecule has 0 saturated heterocycles. The zero-order valence-corrected chi connectivity index (χ0v) is 9.78. The second-order valence-corrected chi connectivity index (χ2v) is 3.84. The fourth-order valence-corrected chi connectivity index (χ4v) is 1.54. The molecule has 0 fully saturated rings. The van der Waals surface area contributed by atoms with E-state index in [1.165, 1.54) is 6.07 Å². The van der Waals surface area contributed by atoms with Crippen LogP contribution in [0.3, 0.4) is 0 Å². The van der Waals surface area contributed by atoms with E-state index in [0.717, 1.165) is 12.0 Å². The molecule has 0 aliphatic heterocycles. The van der Waals surface area contributed by atoms with Crippen molar-refractivity contribution in [2.75, 3.05) is 6.54 Å². The molecular weight excluding hydrogens is 240 g/mol. The fraction of sp³-hybridized carbons (Fsp3) is 0.167. The van der Waals surface area contributed by atoms with Gasteiger partial charge in [-0.1, -0.05) is 6.07 Å². The highest BCUT2D eigenvalue weighted by Gasteiger charge is 2.09. The van der Waals surface area contributed by atoms with Gasteiger partial charge in [0, 0.05) is 18.9 Å². The number of amides is 1. The minimum atomic E-state index is -0.263. The largest absolute Gasteiger partial charge is 0.440 e. The smallest absolute Gasteiger partial charge is 0.287 e. The van der Waals surface area contributed by atoms with Crippen molar-refractivity contribution >= 4 is 17.5 Å². The van der Waals surface area contributed by atoms with Crippen molar-refractivity contribution in [2.24, 2.45) is 0 Å². The van der Waals surface area contributed by atoms with Crippen molar-refractivity contribution in [3.8, 4) is 0 Å². The van der Waals surface area contributed by atoms with Crippen LogP contribution in [-0.2, 0) is 6.42 Å². The summed E-state index contributed by atoms with van der Waals surface area (Å²) in [6.45, 7) is 0.531. The minimum absolute atomic E-state index is 0.211. The molecule has 0 aliphatic rings. The van der Waals surface area contributed by atoms with E-state index in [0.29, 0.717) is 6.54 Å². The summed E-state index contributed by atoms with van der Waals surface area (Å²) >= 11 is 5.58. The minimum Gasteiger partial charge on any atom is -0.440 e. The molecule has 0 atom stereocenters. The Balaban J connectivity index is 1.81. The first-order valence-electron chi connectivity index (χ1n) is 5.18. The molecule has 1 amide bonds. The van der Waals surface area contributed by atoms with Crippen molar-refractivity contribution in [1.82, 2.24) is 10.3 Å². The van der Waals surface area contributed by atoms with Gasteiger partial charge < -0.3 is 9.73 Å². The fourth-order valence-electron chi connectivity index (χ4n) is 1.39. The first-order valence-corrected chi connectivity index (χ1v) is 5.56. The van der Waals surface area contributed by atoms with Gasteiger partial charge in [-0.15, -0.1) is 0 Å². The number of carbonyl (C=O) groups excluding carboxylic acids is 1. The van der Waals surface area contributed by atoms with E-state index >= 15 is 0 Å². The number of nitrogens with zero attached hydrogens (tertiary/aromatic N) is 1. The molecule has 4 nitrogen and oxygen atoms in total. The normalized spacial score (nSPS) is 10.2. The van der Waals surface area contributed by atoms with Gasteiger partial charge in [0.15, 0.2) is 11.0 Å². The quantitative estimate of drug-likeness (QED) is 0.906. The molecule has 5 heteroatoms. The Kier molecular flexibility index (Phi) is 3.77. The Bertz CT molecular complexity index is 496. The first-order chi connectivity index (χ1) is 8.25. The molecule has 0 unspecified atom stereocenters. The summed E-state index contributed by atoms with van der Waals surface area (Å²) in [7, 11) is 0. The number of carbonyl (C=O) groups is 1. The number of furan rings is 1. The SMILES string of the molecule is O=C(NCCc1cccnc1)c1ccc(Cl)o1. The average Bonchev–Trinajstić information content (AvgIpc) is 2.77. The van der Waals surface area contributed by atoms with Crippen LogP contribution < -0.4 is 5.32 Å². The summed E-state index contributed by atoms with van der Waals surface area (Å²) < 4.78 is 4.99. The molecule has 2 rings (SSSR count). The number of pyridine rings is 1. The maximum absolute atomic E-state index is 11.6. The lowest BCUT2D eigenvalue weighted by atomic mass is 10.2. The first kappa shape index (κ1) is 11.7. The van der Waals surface area contributed by atoms with Crippen LogP contribution in [0.4, 0.5) is 0 Å². The summed E-state index contributed by atoms with van der Waals surface area (Å²) in [5.74, 6) is -0.0398. The molecule has 2 aromatic heterocycles. The predicted molar refractivity (Wildman–Crippen MR) is 64.0 cm³/mol. The van der Waals surface area contributed by atoms with E-state index in [-0.39, 0.29) is 16.9 Å². The van der Waals surface area contributed by atoms with Crippen LogP contribution in [0.2, 0.25) is 5.22 Å². The molecule has 2 heterocycles. The van der Waals surface area contributed by atoms with Crippen molar-refractivity contribution in [3.63, 3.8) is 0 Å². The monoisotopic (exact) mass is 250 g/mol. The highest BCUT2D eigenvalue weighted by atomic mass is 35.5. The maximum atomic E-state index is 11.6. The highest BCUT2D eigenvalue weighted by molar-refractivity contribution is 6.29. The molecule has 0 saturated carbocycles. The van der Waals surface area contributed by atoms with E-state index in [1.54, 1.807) is 18.5 Å². The zero-order chi connectivity index (χ0) is 12.1. The van der Waals surface area contributed by atoms with E-state index in [1.807, 2.05) is 12.1 Å². The number of nitrogens with one attached hydrogen (secondary N) is 1. The highest BCUT2D eigenvalue weighted by Crippen LogP contribution is 2.12. The standard InChI is InChI=1S/C12H11ClN2O2/c13-11-4-3-10(17-11)12(16)15-7-5-9-2-1-6-14-8-9/h1-4,6,8H,5,7H2,(H,15,16). The molecular formula is C12H11ClN2O2. The van der Waals surface area contributed by atoms with Crippen molar-refractivity contribution < 1.29 is 9.21 Å². The third-order valence-corrected chi connectivity index (χ3v) is 2.42. The van der Waals surface area contributed by atoms with Crippen molar-refractivity contribution in [3.05, 3.63) is 53.2 Å². The van der Waals surface area contributed by atoms with Crippen LogP contribution in [0.5, 0.6) is 0 Å². The number of rotatable bonds is 4. The van der Waals surface area contributed by atoms with Crippen LogP contribution in [-0.4, -0.2) is 17.4 Å². The summed E-state index contributed by atoms with van der Waals surface area (Å²) in [5.41, 5.74) is 1.07. The molecule has 1 N–H and O–H groups in total. The Labute approximate surface area is 104 Å². The number of hydrogen-bond acceptors (Lipinski definition) is 3. The van der Waals surface area contributed by atoms with Gasteiger partial charge in [-0.3, -0.25) is 9.78 Å². The molecule has 0 spiro atoms. The number of hydrogen-bond donors (Lipinski definition) is 1. The molecule has 0 bridgehead atoms. The van der Waals surface area contributed by atoms with Crippen molar-refractivity contribution in [1.29, 1.82) is 0 Å². The van der Waals surface area contributed by atoms with Gasteiger partial charge in [0.1, 0.15) is 0 Å². The molecule has 88 valence electrons. The molecule has 17 heavy (non-hydrogen) atoms. The number of halogens is 1. The predicted octanol–water partition coefficient (Wildman–Crippen LogP) is 2.30. The lowest BCUT2D eigenvalue weighted by Crippen LogP contribution is -2.25. The van der Waals surface area contributed by atoms with Gasteiger partial charge in [0.05, 0.1) is 0 Å². The Hall–Kier alpha value is -1.81. The summed E-state index contributed by atoms with van der Waals surface area (Å²) in [6.07, 6.45) is 4.22. The maximum Gasteiger partial charge on any atom is 0.287 e. The third-order valence-electron chi connectivity index (χ3n) is 2.22. The van der Waals surface area contributed by atoms with E-state index in [2.05, 4.69) is 10.3 Å². The average molecular weight is 251 g/mol. The van der Waals surface area contributed by atoms with Crippen LogP contribution in [0.15, 0.2) is 41.1 Å². The summed E-state index contributed by atoms with van der Waals surface area (Å²) in [5, 5.41) is 2.95. The van der Waals surface area contributed by atoms with Gasteiger partial charge in [-0.05, 0) is 41.8 Å². The van der Waals surface area contributed by atoms with Crippen LogP contribution in [0.25, 0.3) is 0 Å². The van der Waals surface area contributed by atoms with Gasteiger partial charge in [-0.25, -0.2) is 0 Å². The summed E-state index contributed by atoms with van der Waals surface area (Å²) in [6, 6.07) is 6.91. The number of aromatic nitrogens is 1. The van der Waals surface area contributed by atoms with Crippen molar-refractivity contribution in [2.45, 2.75) is 6.42 Å². The van der Waals surface area contributed by atoms with Gasteiger partial charge in [0.2, 0.25) is 0 Å². The Morgan fingerprint density at radius 1 is 1.41 bits per heavy atom. The van der Waals surface area contributed by atoms with Crippen LogP contribution in [0, 0.1) is 0 Å². The van der Waals surface area contributed by atoms with Gasteiger partial charge >= 0.3 is 0 Å². The Morgan fingerprint density at radius 3 is 2.94 bits per heavy atom. The second kappa shape index (κ2) is 5.50. The van der Waals surface area contributed by atoms with E-state index < -0.39 is 0 Å². The molecule has 0 aliphatic carbocycles. The summed E-state index contributed by atoms with van der Waals surface area (Å²) in [4.78, 5) is 15.6. The van der Waals surface area contributed by atoms with Crippen LogP contribution in [0.1, 0.15) is 16.1 Å². The lowest BCUT2D eigenvalue weighted by Gasteiger charge is -2.02. The second-order valence-electron chi connectivity index (χ2n) is 3.47. The van der Waals surface area contributed by atoms with E-state index in [9.17, 15) is 4.79 Å².